The third-order valence-corrected chi connectivity index (χ3v) is 4.23. The predicted molar refractivity (Wildman–Crippen MR) is 74.2 cm³/mol. The van der Waals surface area contributed by atoms with Gasteiger partial charge < -0.3 is 10.4 Å². The molecular formula is C14H17BrFNO2. The van der Waals surface area contributed by atoms with Crippen molar-refractivity contribution in [2.75, 3.05) is 0 Å². The van der Waals surface area contributed by atoms with Gasteiger partial charge in [-0.3, -0.25) is 4.79 Å². The third kappa shape index (κ3) is 4.01. The molecule has 0 saturated heterocycles. The van der Waals surface area contributed by atoms with Crippen molar-refractivity contribution in [1.29, 1.82) is 0 Å². The topological polar surface area (TPSA) is 49.3 Å². The van der Waals surface area contributed by atoms with Crippen LogP contribution in [0.1, 0.15) is 31.2 Å². The third-order valence-electron chi connectivity index (χ3n) is 3.46. The first kappa shape index (κ1) is 14.5. The van der Waals surface area contributed by atoms with Crippen molar-refractivity contribution in [2.24, 2.45) is 0 Å². The molecule has 2 atom stereocenters. The zero-order valence-corrected chi connectivity index (χ0v) is 12.1. The zero-order valence-electron chi connectivity index (χ0n) is 10.5. The monoisotopic (exact) mass is 329 g/mol. The first-order valence-electron chi connectivity index (χ1n) is 6.47. The Bertz CT molecular complexity index is 467. The molecule has 0 bridgehead atoms. The molecule has 0 spiro atoms. The predicted octanol–water partition coefficient (Wildman–Crippen LogP) is 2.55. The lowest BCUT2D eigenvalue weighted by Gasteiger charge is -2.16. The summed E-state index contributed by atoms with van der Waals surface area (Å²) in [7, 11) is 0. The lowest BCUT2D eigenvalue weighted by Crippen LogP contribution is -2.39. The maximum atomic E-state index is 13.1. The Morgan fingerprint density at radius 2 is 2.26 bits per heavy atom. The van der Waals surface area contributed by atoms with Gasteiger partial charge in [0, 0.05) is 10.9 Å². The van der Waals surface area contributed by atoms with Gasteiger partial charge in [0.25, 0.3) is 0 Å². The minimum absolute atomic E-state index is 0.0953. The fourth-order valence-corrected chi connectivity index (χ4v) is 2.82. The number of rotatable bonds is 4. The Morgan fingerprint density at radius 3 is 2.95 bits per heavy atom. The fraction of sp³-hybridized carbons (Fsp3) is 0.500. The van der Waals surface area contributed by atoms with Crippen molar-refractivity contribution in [2.45, 2.75) is 44.2 Å². The molecule has 2 N–H and O–H groups in total. The number of aliphatic hydroxyl groups excluding tert-OH is 1. The Labute approximate surface area is 120 Å². The normalized spacial score (nSPS) is 22.5. The van der Waals surface area contributed by atoms with E-state index in [0.717, 1.165) is 29.3 Å². The van der Waals surface area contributed by atoms with Gasteiger partial charge >= 0.3 is 0 Å². The molecule has 1 aliphatic carbocycles. The molecule has 1 saturated carbocycles. The molecule has 1 aromatic rings. The summed E-state index contributed by atoms with van der Waals surface area (Å²) in [5.41, 5.74) is 0.780. The van der Waals surface area contributed by atoms with E-state index in [4.69, 9.17) is 0 Å². The molecule has 1 aromatic carbocycles. The van der Waals surface area contributed by atoms with Crippen molar-refractivity contribution >= 4 is 21.8 Å². The Balaban J connectivity index is 1.84. The minimum Gasteiger partial charge on any atom is -0.391 e. The highest BCUT2D eigenvalue weighted by Crippen LogP contribution is 2.21. The second-order valence-corrected chi connectivity index (χ2v) is 5.76. The van der Waals surface area contributed by atoms with E-state index in [1.165, 1.54) is 12.1 Å². The molecule has 5 heteroatoms. The maximum absolute atomic E-state index is 13.1. The van der Waals surface area contributed by atoms with E-state index in [2.05, 4.69) is 21.2 Å². The second-order valence-electron chi connectivity index (χ2n) is 4.91. The molecule has 1 amide bonds. The first-order chi connectivity index (χ1) is 9.06. The quantitative estimate of drug-likeness (QED) is 0.891. The Kier molecular flexibility index (Phi) is 4.93. The standard InChI is InChI=1S/C14H17BrFNO2/c15-11-6-5-10(16)8-9(11)4-7-14(19)17-12-2-1-3-13(12)18/h5-6,8,12-13,18H,1-4,7H2,(H,17,19)/t12-,13+/m0/s1. The molecule has 0 aliphatic heterocycles. The molecule has 0 aromatic heterocycles. The molecule has 1 fully saturated rings. The number of hydrogen-bond acceptors (Lipinski definition) is 2. The van der Waals surface area contributed by atoms with Crippen molar-refractivity contribution < 1.29 is 14.3 Å². The highest BCUT2D eigenvalue weighted by Gasteiger charge is 2.26. The van der Waals surface area contributed by atoms with Crippen molar-refractivity contribution in [3.8, 4) is 0 Å². The van der Waals surface area contributed by atoms with Crippen molar-refractivity contribution in [3.05, 3.63) is 34.1 Å². The number of carbonyl (C=O) groups is 1. The summed E-state index contributed by atoms with van der Waals surface area (Å²) in [6, 6.07) is 4.33. The number of carbonyl (C=O) groups excluding carboxylic acids is 1. The van der Waals surface area contributed by atoms with Crippen LogP contribution in [-0.4, -0.2) is 23.2 Å². The van der Waals surface area contributed by atoms with E-state index < -0.39 is 6.10 Å². The summed E-state index contributed by atoms with van der Waals surface area (Å²) in [6.07, 6.45) is 2.88. The largest absolute Gasteiger partial charge is 0.391 e. The van der Waals surface area contributed by atoms with Gasteiger partial charge in [0.1, 0.15) is 5.82 Å². The summed E-state index contributed by atoms with van der Waals surface area (Å²) >= 11 is 3.34. The van der Waals surface area contributed by atoms with E-state index in [1.54, 1.807) is 6.07 Å². The number of aryl methyl sites for hydroxylation is 1. The molecule has 19 heavy (non-hydrogen) atoms. The number of nitrogens with one attached hydrogen (secondary N) is 1. The molecule has 0 unspecified atom stereocenters. The highest BCUT2D eigenvalue weighted by atomic mass is 79.9. The second kappa shape index (κ2) is 6.48. The molecule has 3 nitrogen and oxygen atoms in total. The highest BCUT2D eigenvalue weighted by molar-refractivity contribution is 9.10. The van der Waals surface area contributed by atoms with Crippen LogP contribution in [0.2, 0.25) is 0 Å². The molecule has 1 aliphatic rings. The average Bonchev–Trinajstić information content (AvgIpc) is 2.76. The molecule has 2 rings (SSSR count). The number of amides is 1. The maximum Gasteiger partial charge on any atom is 0.220 e. The van der Waals surface area contributed by atoms with E-state index >= 15 is 0 Å². The Hall–Kier alpha value is -0.940. The fourth-order valence-electron chi connectivity index (χ4n) is 2.37. The van der Waals surface area contributed by atoms with Crippen LogP contribution in [0.25, 0.3) is 0 Å². The number of aliphatic hydroxyl groups is 1. The van der Waals surface area contributed by atoms with Gasteiger partial charge in [-0.25, -0.2) is 4.39 Å². The Morgan fingerprint density at radius 1 is 1.47 bits per heavy atom. The molecule has 104 valence electrons. The van der Waals surface area contributed by atoms with Gasteiger partial charge in [-0.2, -0.15) is 0 Å². The number of benzene rings is 1. The summed E-state index contributed by atoms with van der Waals surface area (Å²) in [5, 5.41) is 12.5. The molecular weight excluding hydrogens is 313 g/mol. The zero-order chi connectivity index (χ0) is 13.8. The summed E-state index contributed by atoms with van der Waals surface area (Å²) in [5.74, 6) is -0.396. The van der Waals surface area contributed by atoms with E-state index in [-0.39, 0.29) is 17.8 Å². The summed E-state index contributed by atoms with van der Waals surface area (Å²) in [6.45, 7) is 0. The van der Waals surface area contributed by atoms with Gasteiger partial charge in [-0.1, -0.05) is 15.9 Å². The average molecular weight is 330 g/mol. The van der Waals surface area contributed by atoms with Crippen LogP contribution in [0.5, 0.6) is 0 Å². The van der Waals surface area contributed by atoms with E-state index in [9.17, 15) is 14.3 Å². The van der Waals surface area contributed by atoms with Crippen LogP contribution in [0.15, 0.2) is 22.7 Å². The lowest BCUT2D eigenvalue weighted by atomic mass is 10.1. The van der Waals surface area contributed by atoms with Crippen molar-refractivity contribution in [1.82, 2.24) is 5.32 Å². The first-order valence-corrected chi connectivity index (χ1v) is 7.27. The van der Waals surface area contributed by atoms with Gasteiger partial charge in [0.15, 0.2) is 0 Å². The van der Waals surface area contributed by atoms with Crippen LogP contribution < -0.4 is 5.32 Å². The lowest BCUT2D eigenvalue weighted by molar-refractivity contribution is -0.122. The van der Waals surface area contributed by atoms with Gasteiger partial charge in [0.05, 0.1) is 12.1 Å². The van der Waals surface area contributed by atoms with Crippen LogP contribution >= 0.6 is 15.9 Å². The van der Waals surface area contributed by atoms with Crippen LogP contribution in [0.3, 0.4) is 0 Å². The van der Waals surface area contributed by atoms with Gasteiger partial charge in [-0.15, -0.1) is 0 Å². The summed E-state index contributed by atoms with van der Waals surface area (Å²) < 4.78 is 13.9. The van der Waals surface area contributed by atoms with E-state index in [0.29, 0.717) is 12.8 Å². The molecule has 0 heterocycles. The minimum atomic E-state index is -0.426. The van der Waals surface area contributed by atoms with Crippen molar-refractivity contribution in [3.63, 3.8) is 0 Å². The van der Waals surface area contributed by atoms with E-state index in [1.807, 2.05) is 0 Å². The summed E-state index contributed by atoms with van der Waals surface area (Å²) in [4.78, 5) is 11.8. The van der Waals surface area contributed by atoms with Crippen LogP contribution in [0, 0.1) is 5.82 Å². The number of halogens is 2. The van der Waals surface area contributed by atoms with Crippen LogP contribution in [-0.2, 0) is 11.2 Å². The van der Waals surface area contributed by atoms with Crippen LogP contribution in [0.4, 0.5) is 4.39 Å². The van der Waals surface area contributed by atoms with Gasteiger partial charge in [0.2, 0.25) is 5.91 Å². The molecule has 0 radical (unpaired) electrons. The smallest absolute Gasteiger partial charge is 0.220 e. The SMILES string of the molecule is O=C(CCc1cc(F)ccc1Br)N[C@H]1CCC[C@H]1O. The van der Waals surface area contributed by atoms with Gasteiger partial charge in [-0.05, 0) is 49.4 Å². The number of hydrogen-bond donors (Lipinski definition) is 2.